The number of hydrogen-bond acceptors (Lipinski definition) is 4. The molecule has 3 amide bonds. The van der Waals surface area contributed by atoms with E-state index in [1.54, 1.807) is 11.9 Å². The molecular formula is C24H35N3O5. The zero-order valence-corrected chi connectivity index (χ0v) is 18.8. The standard InChI is InChI=1S/C24H35N3O5/c1-27(15-14-18-8-4-2-5-9-18)22(29)13-12-20(17-28)25-23(30)21(26-24(31)32)16-19-10-6-3-7-11-19/h2,4-5,8-9,17,19-21,26H,3,6-7,10-16H2,1H3,(H,25,30)(H,31,32)/t20-,21-/m0/s1. The topological polar surface area (TPSA) is 116 Å². The molecule has 0 unspecified atom stereocenters. The second-order valence-corrected chi connectivity index (χ2v) is 8.58. The van der Waals surface area contributed by atoms with Crippen molar-refractivity contribution in [3.8, 4) is 0 Å². The van der Waals surface area contributed by atoms with Crippen LogP contribution in [0.2, 0.25) is 0 Å². The summed E-state index contributed by atoms with van der Waals surface area (Å²) in [4.78, 5) is 49.4. The van der Waals surface area contributed by atoms with Gasteiger partial charge in [0.15, 0.2) is 0 Å². The van der Waals surface area contributed by atoms with Crippen LogP contribution in [0.1, 0.15) is 56.9 Å². The van der Waals surface area contributed by atoms with Crippen LogP contribution in [-0.4, -0.2) is 59.9 Å². The number of aldehydes is 1. The molecule has 1 aromatic rings. The van der Waals surface area contributed by atoms with E-state index in [2.05, 4.69) is 10.6 Å². The fourth-order valence-corrected chi connectivity index (χ4v) is 4.13. The smallest absolute Gasteiger partial charge is 0.405 e. The fourth-order valence-electron chi connectivity index (χ4n) is 4.13. The largest absolute Gasteiger partial charge is 0.465 e. The minimum absolute atomic E-state index is 0.107. The van der Waals surface area contributed by atoms with E-state index in [0.29, 0.717) is 25.2 Å². The lowest BCUT2D eigenvalue weighted by Gasteiger charge is -2.26. The van der Waals surface area contributed by atoms with Crippen molar-refractivity contribution in [2.45, 2.75) is 69.9 Å². The Balaban J connectivity index is 1.81. The Kier molecular flexibility index (Phi) is 10.7. The minimum Gasteiger partial charge on any atom is -0.465 e. The number of nitrogens with one attached hydrogen (secondary N) is 2. The summed E-state index contributed by atoms with van der Waals surface area (Å²) in [5, 5.41) is 14.0. The van der Waals surface area contributed by atoms with Crippen molar-refractivity contribution in [3.05, 3.63) is 35.9 Å². The van der Waals surface area contributed by atoms with Gasteiger partial charge in [-0.3, -0.25) is 9.59 Å². The number of benzene rings is 1. The maximum atomic E-state index is 12.7. The Labute approximate surface area is 189 Å². The maximum Gasteiger partial charge on any atom is 0.405 e. The highest BCUT2D eigenvalue weighted by molar-refractivity contribution is 5.87. The lowest BCUT2D eigenvalue weighted by atomic mass is 9.84. The Hall–Kier alpha value is -2.90. The summed E-state index contributed by atoms with van der Waals surface area (Å²) in [6.45, 7) is 0.562. The van der Waals surface area contributed by atoms with Crippen LogP contribution in [0.15, 0.2) is 30.3 Å². The minimum atomic E-state index is -1.26. The summed E-state index contributed by atoms with van der Waals surface area (Å²) in [7, 11) is 1.72. The molecule has 32 heavy (non-hydrogen) atoms. The van der Waals surface area contributed by atoms with E-state index < -0.39 is 24.1 Å². The van der Waals surface area contributed by atoms with E-state index in [0.717, 1.165) is 37.7 Å². The molecule has 8 nitrogen and oxygen atoms in total. The molecule has 1 aliphatic carbocycles. The molecule has 0 heterocycles. The second kappa shape index (κ2) is 13.5. The summed E-state index contributed by atoms with van der Waals surface area (Å²) < 4.78 is 0. The number of hydrogen-bond donors (Lipinski definition) is 3. The molecule has 3 N–H and O–H groups in total. The lowest BCUT2D eigenvalue weighted by Crippen LogP contribution is -2.50. The molecule has 2 rings (SSSR count). The molecule has 8 heteroatoms. The van der Waals surface area contributed by atoms with Gasteiger partial charge >= 0.3 is 6.09 Å². The van der Waals surface area contributed by atoms with E-state index in [-0.39, 0.29) is 18.7 Å². The Morgan fingerprint density at radius 3 is 2.44 bits per heavy atom. The summed E-state index contributed by atoms with van der Waals surface area (Å²) in [6, 6.07) is 8.12. The van der Waals surface area contributed by atoms with Crippen molar-refractivity contribution in [2.75, 3.05) is 13.6 Å². The quantitative estimate of drug-likeness (QED) is 0.428. The number of amides is 3. The van der Waals surface area contributed by atoms with Crippen molar-refractivity contribution >= 4 is 24.2 Å². The molecule has 1 aromatic carbocycles. The molecule has 0 bridgehead atoms. The predicted octanol–water partition coefficient (Wildman–Crippen LogP) is 2.76. The summed E-state index contributed by atoms with van der Waals surface area (Å²) in [6.07, 6.45) is 6.09. The van der Waals surface area contributed by atoms with Crippen molar-refractivity contribution in [3.63, 3.8) is 0 Å². The fraction of sp³-hybridized carbons (Fsp3) is 0.583. The maximum absolute atomic E-state index is 12.7. The highest BCUT2D eigenvalue weighted by Crippen LogP contribution is 2.27. The Bertz CT molecular complexity index is 749. The molecule has 0 saturated heterocycles. The van der Waals surface area contributed by atoms with E-state index in [1.807, 2.05) is 30.3 Å². The normalized spacial score (nSPS) is 15.9. The summed E-state index contributed by atoms with van der Waals surface area (Å²) in [5.41, 5.74) is 1.14. The van der Waals surface area contributed by atoms with E-state index in [1.165, 1.54) is 6.42 Å². The van der Waals surface area contributed by atoms with Crippen LogP contribution < -0.4 is 10.6 Å². The first-order valence-corrected chi connectivity index (χ1v) is 11.4. The predicted molar refractivity (Wildman–Crippen MR) is 121 cm³/mol. The third-order valence-corrected chi connectivity index (χ3v) is 6.07. The average Bonchev–Trinajstić information content (AvgIpc) is 2.80. The van der Waals surface area contributed by atoms with Gasteiger partial charge in [0.2, 0.25) is 11.8 Å². The molecule has 1 saturated carbocycles. The zero-order chi connectivity index (χ0) is 23.3. The molecule has 2 atom stereocenters. The monoisotopic (exact) mass is 445 g/mol. The number of nitrogens with zero attached hydrogens (tertiary/aromatic N) is 1. The third-order valence-electron chi connectivity index (χ3n) is 6.07. The van der Waals surface area contributed by atoms with Gasteiger partial charge < -0.3 is 25.4 Å². The SMILES string of the molecule is CN(CCc1ccccc1)C(=O)CC[C@@H](C=O)NC(=O)[C@H](CC1CCCCC1)NC(=O)O. The number of carbonyl (C=O) groups is 4. The molecule has 0 spiro atoms. The summed E-state index contributed by atoms with van der Waals surface area (Å²) in [5.74, 6) is -0.328. The highest BCUT2D eigenvalue weighted by Gasteiger charge is 2.27. The lowest BCUT2D eigenvalue weighted by molar-refractivity contribution is -0.131. The Morgan fingerprint density at radius 2 is 1.81 bits per heavy atom. The van der Waals surface area contributed by atoms with Crippen LogP contribution in [-0.2, 0) is 20.8 Å². The molecule has 176 valence electrons. The number of carbonyl (C=O) groups excluding carboxylic acids is 3. The summed E-state index contributed by atoms with van der Waals surface area (Å²) >= 11 is 0. The van der Waals surface area contributed by atoms with E-state index in [4.69, 9.17) is 5.11 Å². The van der Waals surface area contributed by atoms with Crippen LogP contribution in [0.5, 0.6) is 0 Å². The van der Waals surface area contributed by atoms with Crippen molar-refractivity contribution < 1.29 is 24.3 Å². The van der Waals surface area contributed by atoms with E-state index >= 15 is 0 Å². The van der Waals surface area contributed by atoms with Gasteiger partial charge in [-0.2, -0.15) is 0 Å². The van der Waals surface area contributed by atoms with Crippen molar-refractivity contribution in [1.29, 1.82) is 0 Å². The van der Waals surface area contributed by atoms with E-state index in [9.17, 15) is 19.2 Å². The zero-order valence-electron chi connectivity index (χ0n) is 18.8. The first-order valence-electron chi connectivity index (χ1n) is 11.4. The van der Waals surface area contributed by atoms with Crippen LogP contribution in [0.25, 0.3) is 0 Å². The van der Waals surface area contributed by atoms with Crippen LogP contribution in [0, 0.1) is 5.92 Å². The van der Waals surface area contributed by atoms with Gasteiger partial charge in [0, 0.05) is 20.0 Å². The first-order chi connectivity index (χ1) is 15.4. The third kappa shape index (κ3) is 9.08. The first kappa shape index (κ1) is 25.4. The molecule has 1 fully saturated rings. The van der Waals surface area contributed by atoms with Crippen LogP contribution in [0.3, 0.4) is 0 Å². The molecule has 0 radical (unpaired) electrons. The van der Waals surface area contributed by atoms with Gasteiger partial charge in [0.05, 0.1) is 6.04 Å². The number of rotatable bonds is 12. The number of carboxylic acid groups (broad SMARTS) is 1. The molecule has 0 aliphatic heterocycles. The van der Waals surface area contributed by atoms with Crippen LogP contribution >= 0.6 is 0 Å². The average molecular weight is 446 g/mol. The second-order valence-electron chi connectivity index (χ2n) is 8.58. The Morgan fingerprint density at radius 1 is 1.12 bits per heavy atom. The van der Waals surface area contributed by atoms with Gasteiger partial charge in [-0.25, -0.2) is 4.79 Å². The van der Waals surface area contributed by atoms with Gasteiger partial charge in [0.25, 0.3) is 0 Å². The van der Waals surface area contributed by atoms with Gasteiger partial charge in [-0.1, -0.05) is 62.4 Å². The molecule has 1 aliphatic rings. The van der Waals surface area contributed by atoms with Crippen molar-refractivity contribution in [2.24, 2.45) is 5.92 Å². The van der Waals surface area contributed by atoms with Gasteiger partial charge in [-0.15, -0.1) is 0 Å². The van der Waals surface area contributed by atoms with Gasteiger partial charge in [-0.05, 0) is 30.7 Å². The number of likely N-dealkylation sites (N-methyl/N-ethyl adjacent to an activating group) is 1. The van der Waals surface area contributed by atoms with Crippen molar-refractivity contribution in [1.82, 2.24) is 15.5 Å². The molecular weight excluding hydrogens is 410 g/mol. The van der Waals surface area contributed by atoms with Gasteiger partial charge in [0.1, 0.15) is 12.3 Å². The highest BCUT2D eigenvalue weighted by atomic mass is 16.4. The molecule has 0 aromatic heterocycles. The van der Waals surface area contributed by atoms with Crippen LogP contribution in [0.4, 0.5) is 4.79 Å².